The molecule has 3 heteroatoms. The number of carbonyl (C=O) groups is 2. The van der Waals surface area contributed by atoms with Crippen LogP contribution >= 0.6 is 0 Å². The number of carbonyl (C=O) groups excluding carboxylic acids is 2. The fourth-order valence-electron chi connectivity index (χ4n) is 1.55. The summed E-state index contributed by atoms with van der Waals surface area (Å²) in [6, 6.07) is 0. The Hall–Kier alpha value is -0.860. The highest BCUT2D eigenvalue weighted by atomic mass is 16.6. The maximum atomic E-state index is 11.6. The number of esters is 1. The summed E-state index contributed by atoms with van der Waals surface area (Å²) in [5, 5.41) is 0. The van der Waals surface area contributed by atoms with E-state index in [1.54, 1.807) is 0 Å². The van der Waals surface area contributed by atoms with Gasteiger partial charge in [0.25, 0.3) is 0 Å². The van der Waals surface area contributed by atoms with Crippen molar-refractivity contribution in [2.45, 2.75) is 60.0 Å². The zero-order valence-corrected chi connectivity index (χ0v) is 11.3. The molecule has 0 aliphatic rings. The molecule has 1 atom stereocenters. The van der Waals surface area contributed by atoms with Gasteiger partial charge in [-0.3, -0.25) is 9.59 Å². The van der Waals surface area contributed by atoms with E-state index in [0.29, 0.717) is 5.92 Å². The van der Waals surface area contributed by atoms with Crippen LogP contribution < -0.4 is 0 Å². The zero-order valence-electron chi connectivity index (χ0n) is 11.3. The minimum atomic E-state index is -0.476. The first-order chi connectivity index (χ1) is 7.11. The largest absolute Gasteiger partial charge is 0.460 e. The van der Waals surface area contributed by atoms with Gasteiger partial charge in [-0.15, -0.1) is 0 Å². The van der Waals surface area contributed by atoms with Gasteiger partial charge in [0.15, 0.2) is 0 Å². The SMILES string of the molecule is CC(=O)C(CC(=O)OC(C)(C)C)CC(C)C. The highest BCUT2D eigenvalue weighted by Gasteiger charge is 2.23. The minimum Gasteiger partial charge on any atom is -0.460 e. The van der Waals surface area contributed by atoms with Gasteiger partial charge in [0.1, 0.15) is 11.4 Å². The van der Waals surface area contributed by atoms with E-state index in [4.69, 9.17) is 4.74 Å². The molecular weight excluding hydrogens is 204 g/mol. The van der Waals surface area contributed by atoms with Crippen molar-refractivity contribution in [2.24, 2.45) is 11.8 Å². The van der Waals surface area contributed by atoms with Crippen LogP contribution in [-0.4, -0.2) is 17.4 Å². The van der Waals surface area contributed by atoms with E-state index in [2.05, 4.69) is 0 Å². The second-order valence-electron chi connectivity index (χ2n) is 5.73. The Morgan fingerprint density at radius 2 is 1.69 bits per heavy atom. The lowest BCUT2D eigenvalue weighted by molar-refractivity contribution is -0.157. The van der Waals surface area contributed by atoms with Crippen molar-refractivity contribution in [3.8, 4) is 0 Å². The Balaban J connectivity index is 4.30. The fourth-order valence-corrected chi connectivity index (χ4v) is 1.55. The van der Waals surface area contributed by atoms with Crippen LogP contribution in [0.15, 0.2) is 0 Å². The Labute approximate surface area is 98.6 Å². The summed E-state index contributed by atoms with van der Waals surface area (Å²) in [6.45, 7) is 11.1. The molecule has 16 heavy (non-hydrogen) atoms. The van der Waals surface area contributed by atoms with Crippen molar-refractivity contribution in [1.29, 1.82) is 0 Å². The molecule has 1 unspecified atom stereocenters. The van der Waals surface area contributed by atoms with Gasteiger partial charge in [0.2, 0.25) is 0 Å². The van der Waals surface area contributed by atoms with E-state index in [0.717, 1.165) is 6.42 Å². The van der Waals surface area contributed by atoms with E-state index in [1.807, 2.05) is 34.6 Å². The van der Waals surface area contributed by atoms with Crippen LogP contribution in [0.2, 0.25) is 0 Å². The van der Waals surface area contributed by atoms with Crippen LogP contribution in [-0.2, 0) is 14.3 Å². The summed E-state index contributed by atoms with van der Waals surface area (Å²) in [6.07, 6.45) is 0.944. The molecule has 3 nitrogen and oxygen atoms in total. The highest BCUT2D eigenvalue weighted by Crippen LogP contribution is 2.19. The third-order valence-corrected chi connectivity index (χ3v) is 2.16. The number of hydrogen-bond donors (Lipinski definition) is 0. The van der Waals surface area contributed by atoms with Crippen LogP contribution in [0.5, 0.6) is 0 Å². The summed E-state index contributed by atoms with van der Waals surface area (Å²) >= 11 is 0. The van der Waals surface area contributed by atoms with Crippen molar-refractivity contribution < 1.29 is 14.3 Å². The van der Waals surface area contributed by atoms with Gasteiger partial charge in [-0.25, -0.2) is 0 Å². The number of Topliss-reactive ketones (excluding diaryl/α,β-unsaturated/α-hetero) is 1. The van der Waals surface area contributed by atoms with Gasteiger partial charge in [-0.2, -0.15) is 0 Å². The van der Waals surface area contributed by atoms with E-state index in [9.17, 15) is 9.59 Å². The molecule has 0 saturated heterocycles. The van der Waals surface area contributed by atoms with Crippen molar-refractivity contribution in [3.63, 3.8) is 0 Å². The maximum absolute atomic E-state index is 11.6. The van der Waals surface area contributed by atoms with E-state index in [-0.39, 0.29) is 24.1 Å². The third-order valence-electron chi connectivity index (χ3n) is 2.16. The van der Waals surface area contributed by atoms with E-state index >= 15 is 0 Å². The number of hydrogen-bond acceptors (Lipinski definition) is 3. The van der Waals surface area contributed by atoms with Crippen molar-refractivity contribution in [3.05, 3.63) is 0 Å². The maximum Gasteiger partial charge on any atom is 0.307 e. The molecule has 0 heterocycles. The Morgan fingerprint density at radius 3 is 2.00 bits per heavy atom. The molecule has 0 N–H and O–H groups in total. The molecule has 0 aromatic rings. The van der Waals surface area contributed by atoms with Crippen molar-refractivity contribution >= 4 is 11.8 Å². The molecule has 0 saturated carbocycles. The molecule has 0 aliphatic heterocycles. The summed E-state index contributed by atoms with van der Waals surface area (Å²) in [5.74, 6) is -0.000837. The molecule has 94 valence electrons. The van der Waals surface area contributed by atoms with Gasteiger partial charge in [0.05, 0.1) is 6.42 Å². The smallest absolute Gasteiger partial charge is 0.307 e. The second kappa shape index (κ2) is 6.02. The minimum absolute atomic E-state index is 0.0690. The Bertz CT molecular complexity index is 248. The average molecular weight is 228 g/mol. The van der Waals surface area contributed by atoms with Crippen LogP contribution in [0.25, 0.3) is 0 Å². The predicted octanol–water partition coefficient (Wildman–Crippen LogP) is 2.97. The average Bonchev–Trinajstić information content (AvgIpc) is 1.97. The zero-order chi connectivity index (χ0) is 12.9. The molecule has 0 bridgehead atoms. The van der Waals surface area contributed by atoms with Gasteiger partial charge in [-0.05, 0) is 40.0 Å². The standard InChI is InChI=1S/C13H24O3/c1-9(2)7-11(10(3)14)8-12(15)16-13(4,5)6/h9,11H,7-8H2,1-6H3. The van der Waals surface area contributed by atoms with Crippen LogP contribution in [0.1, 0.15) is 54.4 Å². The third kappa shape index (κ3) is 7.43. The molecule has 0 radical (unpaired) electrons. The Morgan fingerprint density at radius 1 is 1.19 bits per heavy atom. The molecule has 0 aromatic heterocycles. The van der Waals surface area contributed by atoms with Crippen LogP contribution in [0.4, 0.5) is 0 Å². The monoisotopic (exact) mass is 228 g/mol. The number of rotatable bonds is 5. The first-order valence-electron chi connectivity index (χ1n) is 5.84. The lowest BCUT2D eigenvalue weighted by Crippen LogP contribution is -2.27. The van der Waals surface area contributed by atoms with Gasteiger partial charge < -0.3 is 4.74 Å². The molecule has 0 aromatic carbocycles. The summed E-state index contributed by atoms with van der Waals surface area (Å²) < 4.78 is 5.21. The number of ether oxygens (including phenoxy) is 1. The van der Waals surface area contributed by atoms with E-state index < -0.39 is 5.60 Å². The second-order valence-corrected chi connectivity index (χ2v) is 5.73. The van der Waals surface area contributed by atoms with E-state index in [1.165, 1.54) is 6.92 Å². The quantitative estimate of drug-likeness (QED) is 0.679. The lowest BCUT2D eigenvalue weighted by atomic mass is 9.91. The van der Waals surface area contributed by atoms with Gasteiger partial charge in [-0.1, -0.05) is 13.8 Å². The Kier molecular flexibility index (Phi) is 5.70. The highest BCUT2D eigenvalue weighted by molar-refractivity contribution is 5.83. The topological polar surface area (TPSA) is 43.4 Å². The first-order valence-corrected chi connectivity index (χ1v) is 5.84. The van der Waals surface area contributed by atoms with Crippen LogP contribution in [0.3, 0.4) is 0 Å². The molecule has 0 rings (SSSR count). The summed E-state index contributed by atoms with van der Waals surface area (Å²) in [7, 11) is 0. The molecule has 0 spiro atoms. The molecule has 0 fully saturated rings. The predicted molar refractivity (Wildman–Crippen MR) is 64.1 cm³/mol. The summed E-state index contributed by atoms with van der Waals surface area (Å²) in [5.41, 5.74) is -0.476. The number of ketones is 1. The lowest BCUT2D eigenvalue weighted by Gasteiger charge is -2.22. The fraction of sp³-hybridized carbons (Fsp3) is 0.846. The molecule has 0 amide bonds. The van der Waals surface area contributed by atoms with Gasteiger partial charge >= 0.3 is 5.97 Å². The van der Waals surface area contributed by atoms with Crippen molar-refractivity contribution in [2.75, 3.05) is 0 Å². The van der Waals surface area contributed by atoms with Crippen LogP contribution in [0, 0.1) is 11.8 Å². The summed E-state index contributed by atoms with van der Waals surface area (Å²) in [4.78, 5) is 23.0. The molecule has 0 aliphatic carbocycles. The van der Waals surface area contributed by atoms with Crippen molar-refractivity contribution in [1.82, 2.24) is 0 Å². The van der Waals surface area contributed by atoms with Gasteiger partial charge in [0, 0.05) is 5.92 Å². The normalized spacial score (nSPS) is 13.7. The first kappa shape index (κ1) is 15.1. The molecular formula is C13H24O3.